The summed E-state index contributed by atoms with van der Waals surface area (Å²) in [4.78, 5) is 16.8. The Morgan fingerprint density at radius 3 is 2.47 bits per heavy atom. The van der Waals surface area contributed by atoms with Gasteiger partial charge in [0.1, 0.15) is 11.3 Å². The molecule has 5 nitrogen and oxygen atoms in total. The molecule has 1 aromatic heterocycles. The van der Waals surface area contributed by atoms with Crippen molar-refractivity contribution < 1.29 is 13.9 Å². The Morgan fingerprint density at radius 1 is 1.03 bits per heavy atom. The van der Waals surface area contributed by atoms with Gasteiger partial charge in [-0.1, -0.05) is 18.2 Å². The van der Waals surface area contributed by atoms with Crippen molar-refractivity contribution in [2.24, 2.45) is 0 Å². The fourth-order valence-electron chi connectivity index (χ4n) is 3.27. The summed E-state index contributed by atoms with van der Waals surface area (Å²) < 4.78 is 11.1. The molecule has 0 saturated carbocycles. The van der Waals surface area contributed by atoms with Gasteiger partial charge in [-0.15, -0.1) is 0 Å². The third-order valence-corrected chi connectivity index (χ3v) is 4.76. The largest absolute Gasteiger partial charge is 0.497 e. The van der Waals surface area contributed by atoms with E-state index in [0.717, 1.165) is 39.1 Å². The molecule has 1 amide bonds. The number of amides is 1. The van der Waals surface area contributed by atoms with Gasteiger partial charge in [0.15, 0.2) is 5.58 Å². The van der Waals surface area contributed by atoms with E-state index < -0.39 is 0 Å². The second-order valence-electron chi connectivity index (χ2n) is 7.12. The van der Waals surface area contributed by atoms with E-state index in [2.05, 4.69) is 16.4 Å². The molecule has 0 saturated heterocycles. The lowest BCUT2D eigenvalue weighted by molar-refractivity contribution is -0.111. The molecule has 5 heteroatoms. The number of carbonyl (C=O) groups is 1. The molecule has 0 radical (unpaired) electrons. The van der Waals surface area contributed by atoms with Gasteiger partial charge in [-0.05, 0) is 79.1 Å². The highest BCUT2D eigenvalue weighted by Crippen LogP contribution is 2.28. The van der Waals surface area contributed by atoms with Crippen LogP contribution in [0.5, 0.6) is 5.75 Å². The van der Waals surface area contributed by atoms with Crippen molar-refractivity contribution >= 4 is 28.8 Å². The lowest BCUT2D eigenvalue weighted by atomic mass is 10.1. The Bertz CT molecular complexity index is 1220. The number of methoxy groups -OCH3 is 1. The number of aromatic nitrogens is 1. The van der Waals surface area contributed by atoms with Crippen LogP contribution in [0.2, 0.25) is 0 Å². The first kappa shape index (κ1) is 19.5. The molecule has 0 aliphatic rings. The summed E-state index contributed by atoms with van der Waals surface area (Å²) in [6, 6.07) is 19.0. The number of ether oxygens (including phenoxy) is 1. The fraction of sp³-hybridized carbons (Fsp3) is 0.120. The van der Waals surface area contributed by atoms with Crippen LogP contribution in [0, 0.1) is 13.8 Å². The molecule has 0 bridgehead atoms. The van der Waals surface area contributed by atoms with Crippen molar-refractivity contribution in [1.82, 2.24) is 4.98 Å². The SMILES string of the molecule is COc1ccc(/C=C/C(=O)Nc2ccc(-c3nc4cc(C)cc(C)c4o3)cc2)cc1. The van der Waals surface area contributed by atoms with E-state index in [0.29, 0.717) is 11.6 Å². The van der Waals surface area contributed by atoms with Crippen molar-refractivity contribution in [2.75, 3.05) is 12.4 Å². The minimum Gasteiger partial charge on any atom is -0.497 e. The predicted molar refractivity (Wildman–Crippen MR) is 120 cm³/mol. The lowest BCUT2D eigenvalue weighted by Crippen LogP contribution is -2.07. The molecule has 150 valence electrons. The molecule has 0 aliphatic carbocycles. The van der Waals surface area contributed by atoms with Gasteiger partial charge in [-0.25, -0.2) is 4.98 Å². The normalized spacial score (nSPS) is 11.2. The number of anilines is 1. The Labute approximate surface area is 175 Å². The Balaban J connectivity index is 1.45. The van der Waals surface area contributed by atoms with Gasteiger partial charge in [-0.3, -0.25) is 4.79 Å². The second kappa shape index (κ2) is 8.25. The van der Waals surface area contributed by atoms with Crippen LogP contribution >= 0.6 is 0 Å². The van der Waals surface area contributed by atoms with Gasteiger partial charge in [0.25, 0.3) is 0 Å². The smallest absolute Gasteiger partial charge is 0.248 e. The van der Waals surface area contributed by atoms with E-state index in [1.54, 1.807) is 13.2 Å². The summed E-state index contributed by atoms with van der Waals surface area (Å²) in [5, 5.41) is 2.86. The average molecular weight is 398 g/mol. The molecule has 3 aromatic carbocycles. The standard InChI is InChI=1S/C25H22N2O3/c1-16-14-17(2)24-22(15-16)27-25(30-24)19-7-9-20(10-8-19)26-23(28)13-6-18-4-11-21(29-3)12-5-18/h4-15H,1-3H3,(H,26,28)/b13-6+. The molecule has 0 fully saturated rings. The summed E-state index contributed by atoms with van der Waals surface area (Å²) in [6.07, 6.45) is 3.26. The molecule has 1 heterocycles. The number of rotatable bonds is 5. The number of benzene rings is 3. The third kappa shape index (κ3) is 4.25. The highest BCUT2D eigenvalue weighted by atomic mass is 16.5. The summed E-state index contributed by atoms with van der Waals surface area (Å²) in [6.45, 7) is 4.06. The van der Waals surface area contributed by atoms with Crippen molar-refractivity contribution in [3.05, 3.63) is 83.4 Å². The van der Waals surface area contributed by atoms with Crippen LogP contribution in [0.1, 0.15) is 16.7 Å². The topological polar surface area (TPSA) is 64.4 Å². The van der Waals surface area contributed by atoms with Crippen LogP contribution in [-0.4, -0.2) is 18.0 Å². The van der Waals surface area contributed by atoms with Gasteiger partial charge in [0.05, 0.1) is 7.11 Å². The molecule has 4 aromatic rings. The molecular formula is C25H22N2O3. The number of oxazole rings is 1. The van der Waals surface area contributed by atoms with Crippen LogP contribution < -0.4 is 10.1 Å². The van der Waals surface area contributed by atoms with E-state index >= 15 is 0 Å². The first-order chi connectivity index (χ1) is 14.5. The first-order valence-corrected chi connectivity index (χ1v) is 9.63. The predicted octanol–water partition coefficient (Wildman–Crippen LogP) is 5.77. The van der Waals surface area contributed by atoms with Gasteiger partial charge >= 0.3 is 0 Å². The zero-order chi connectivity index (χ0) is 21.1. The van der Waals surface area contributed by atoms with Gasteiger partial charge in [-0.2, -0.15) is 0 Å². The zero-order valence-electron chi connectivity index (χ0n) is 17.1. The molecule has 0 atom stereocenters. The minimum atomic E-state index is -0.202. The van der Waals surface area contributed by atoms with Crippen molar-refractivity contribution in [3.8, 4) is 17.2 Å². The summed E-state index contributed by atoms with van der Waals surface area (Å²) in [7, 11) is 1.62. The van der Waals surface area contributed by atoms with Gasteiger partial charge in [0, 0.05) is 17.3 Å². The molecule has 4 rings (SSSR count). The highest BCUT2D eigenvalue weighted by molar-refractivity contribution is 6.02. The number of aryl methyl sites for hydroxylation is 2. The number of fused-ring (bicyclic) bond motifs is 1. The minimum absolute atomic E-state index is 0.202. The molecule has 0 unspecified atom stereocenters. The van der Waals surface area contributed by atoms with Crippen LogP contribution in [0.25, 0.3) is 28.6 Å². The number of carbonyl (C=O) groups excluding carboxylic acids is 1. The van der Waals surface area contributed by atoms with Crippen molar-refractivity contribution in [1.29, 1.82) is 0 Å². The lowest BCUT2D eigenvalue weighted by Gasteiger charge is -2.03. The number of hydrogen-bond donors (Lipinski definition) is 1. The number of nitrogens with one attached hydrogen (secondary N) is 1. The monoisotopic (exact) mass is 398 g/mol. The zero-order valence-corrected chi connectivity index (χ0v) is 17.1. The average Bonchev–Trinajstić information content (AvgIpc) is 3.17. The molecule has 0 spiro atoms. The van der Waals surface area contributed by atoms with E-state index in [1.165, 1.54) is 6.08 Å². The Hall–Kier alpha value is -3.86. The highest BCUT2D eigenvalue weighted by Gasteiger charge is 2.11. The Kier molecular flexibility index (Phi) is 5.35. The van der Waals surface area contributed by atoms with Crippen LogP contribution in [-0.2, 0) is 4.79 Å². The van der Waals surface area contributed by atoms with E-state index in [4.69, 9.17) is 9.15 Å². The maximum Gasteiger partial charge on any atom is 0.248 e. The van der Waals surface area contributed by atoms with E-state index in [-0.39, 0.29) is 5.91 Å². The Morgan fingerprint density at radius 2 is 1.77 bits per heavy atom. The summed E-state index contributed by atoms with van der Waals surface area (Å²) >= 11 is 0. The van der Waals surface area contributed by atoms with E-state index in [1.807, 2.05) is 68.4 Å². The maximum atomic E-state index is 12.2. The number of nitrogens with zero attached hydrogens (tertiary/aromatic N) is 1. The summed E-state index contributed by atoms with van der Waals surface area (Å²) in [5.74, 6) is 1.14. The number of hydrogen-bond acceptors (Lipinski definition) is 4. The third-order valence-electron chi connectivity index (χ3n) is 4.76. The van der Waals surface area contributed by atoms with Crippen LogP contribution in [0.4, 0.5) is 5.69 Å². The quantitative estimate of drug-likeness (QED) is 0.433. The van der Waals surface area contributed by atoms with Crippen molar-refractivity contribution in [2.45, 2.75) is 13.8 Å². The van der Waals surface area contributed by atoms with Crippen LogP contribution in [0.15, 0.2) is 71.2 Å². The van der Waals surface area contributed by atoms with E-state index in [9.17, 15) is 4.79 Å². The first-order valence-electron chi connectivity index (χ1n) is 9.63. The molecular weight excluding hydrogens is 376 g/mol. The molecule has 30 heavy (non-hydrogen) atoms. The molecule has 1 N–H and O–H groups in total. The fourth-order valence-corrected chi connectivity index (χ4v) is 3.27. The maximum absolute atomic E-state index is 12.2. The molecule has 0 aliphatic heterocycles. The summed E-state index contributed by atoms with van der Waals surface area (Å²) in [5.41, 5.74) is 6.35. The van der Waals surface area contributed by atoms with Gasteiger partial charge in [0.2, 0.25) is 11.8 Å². The van der Waals surface area contributed by atoms with Gasteiger partial charge < -0.3 is 14.5 Å². The van der Waals surface area contributed by atoms with Crippen molar-refractivity contribution in [3.63, 3.8) is 0 Å². The second-order valence-corrected chi connectivity index (χ2v) is 7.12. The van der Waals surface area contributed by atoms with Crippen LogP contribution in [0.3, 0.4) is 0 Å².